The first-order valence-electron chi connectivity index (χ1n) is 6.85. The predicted molar refractivity (Wildman–Crippen MR) is 66.2 cm³/mol. The van der Waals surface area contributed by atoms with Gasteiger partial charge in [0.1, 0.15) is 0 Å². The first kappa shape index (κ1) is 11.5. The number of carbonyl (C=O) groups is 1. The Morgan fingerprint density at radius 3 is 2.88 bits per heavy atom. The van der Waals surface area contributed by atoms with Gasteiger partial charge in [-0.15, -0.1) is 0 Å². The van der Waals surface area contributed by atoms with Crippen LogP contribution in [0.5, 0.6) is 0 Å². The monoisotopic (exact) mass is 237 g/mol. The summed E-state index contributed by atoms with van der Waals surface area (Å²) in [7, 11) is 0. The van der Waals surface area contributed by atoms with Crippen LogP contribution in [-0.4, -0.2) is 36.1 Å². The van der Waals surface area contributed by atoms with Crippen molar-refractivity contribution in [1.29, 1.82) is 0 Å². The van der Waals surface area contributed by atoms with Gasteiger partial charge in [-0.2, -0.15) is 0 Å². The molecule has 2 aliphatic heterocycles. The van der Waals surface area contributed by atoms with Gasteiger partial charge >= 0.3 is 0 Å². The summed E-state index contributed by atoms with van der Waals surface area (Å²) in [6.07, 6.45) is 4.75. The summed E-state index contributed by atoms with van der Waals surface area (Å²) in [5.74, 6) is 0.957. The van der Waals surface area contributed by atoms with Crippen molar-refractivity contribution in [2.24, 2.45) is 11.3 Å². The number of hydrazine groups is 1. The maximum atomic E-state index is 12.1. The van der Waals surface area contributed by atoms with Crippen LogP contribution >= 0.6 is 0 Å². The molecule has 3 rings (SSSR count). The van der Waals surface area contributed by atoms with Crippen molar-refractivity contribution >= 4 is 5.91 Å². The molecule has 0 aromatic rings. The highest BCUT2D eigenvalue weighted by Crippen LogP contribution is 2.40. The van der Waals surface area contributed by atoms with E-state index in [0.717, 1.165) is 25.4 Å². The number of nitrogens with one attached hydrogen (secondary N) is 2. The quantitative estimate of drug-likeness (QED) is 0.749. The first-order valence-corrected chi connectivity index (χ1v) is 6.85. The van der Waals surface area contributed by atoms with Gasteiger partial charge in [0.15, 0.2) is 0 Å². The smallest absolute Gasteiger partial charge is 0.251 e. The molecule has 4 heteroatoms. The average molecular weight is 237 g/mol. The Morgan fingerprint density at radius 2 is 2.24 bits per heavy atom. The molecule has 0 spiro atoms. The largest absolute Gasteiger partial charge is 0.303 e. The highest BCUT2D eigenvalue weighted by Gasteiger charge is 2.48. The van der Waals surface area contributed by atoms with E-state index in [2.05, 4.69) is 29.6 Å². The standard InChI is InChI=1S/C13H23N3O/c1-13(2)4-3-5-16(8-13)15-12(17)11-7-9-6-10(9)14-11/h9-11,14H,3-8H2,1-2H3,(H,15,17)/t9-,10-,11+/m1/s1. The first-order chi connectivity index (χ1) is 8.03. The predicted octanol–water partition coefficient (Wildman–Crippen LogP) is 0.890. The number of nitrogens with zero attached hydrogens (tertiary/aromatic N) is 1. The number of fused-ring (bicyclic) bond motifs is 1. The Bertz CT molecular complexity index is 319. The van der Waals surface area contributed by atoms with E-state index in [4.69, 9.17) is 0 Å². The molecule has 2 N–H and O–H groups in total. The minimum atomic E-state index is 0.0591. The van der Waals surface area contributed by atoms with Gasteiger partial charge in [0.05, 0.1) is 6.04 Å². The molecule has 3 fully saturated rings. The van der Waals surface area contributed by atoms with Gasteiger partial charge in [0.2, 0.25) is 0 Å². The van der Waals surface area contributed by atoms with E-state index in [1.807, 2.05) is 0 Å². The number of hydrogen-bond acceptors (Lipinski definition) is 3. The topological polar surface area (TPSA) is 44.4 Å². The van der Waals surface area contributed by atoms with Crippen LogP contribution in [0.2, 0.25) is 0 Å². The second kappa shape index (κ2) is 3.95. The van der Waals surface area contributed by atoms with Gasteiger partial charge in [0, 0.05) is 19.1 Å². The van der Waals surface area contributed by atoms with Gasteiger partial charge in [-0.1, -0.05) is 13.8 Å². The van der Waals surface area contributed by atoms with E-state index >= 15 is 0 Å². The highest BCUT2D eigenvalue weighted by atomic mass is 16.2. The molecule has 96 valence electrons. The van der Waals surface area contributed by atoms with Crippen molar-refractivity contribution in [2.75, 3.05) is 13.1 Å². The minimum Gasteiger partial charge on any atom is -0.303 e. The summed E-state index contributed by atoms with van der Waals surface area (Å²) in [5, 5.41) is 5.51. The van der Waals surface area contributed by atoms with Crippen molar-refractivity contribution in [1.82, 2.24) is 15.8 Å². The number of piperidine rings is 2. The van der Waals surface area contributed by atoms with Crippen LogP contribution in [0.1, 0.15) is 39.5 Å². The molecule has 0 aromatic heterocycles. The second-order valence-corrected chi connectivity index (χ2v) is 6.72. The molecule has 3 aliphatic rings. The van der Waals surface area contributed by atoms with Crippen molar-refractivity contribution in [2.45, 2.75) is 51.6 Å². The Balaban J connectivity index is 1.50. The fourth-order valence-corrected chi connectivity index (χ4v) is 3.28. The third-order valence-corrected chi connectivity index (χ3v) is 4.36. The molecule has 1 amide bonds. The van der Waals surface area contributed by atoms with E-state index in [0.29, 0.717) is 11.5 Å². The lowest BCUT2D eigenvalue weighted by atomic mass is 9.85. The van der Waals surface area contributed by atoms with Crippen LogP contribution < -0.4 is 10.7 Å². The van der Waals surface area contributed by atoms with Gasteiger partial charge in [-0.05, 0) is 37.0 Å². The molecule has 3 atom stereocenters. The Kier molecular flexibility index (Phi) is 2.67. The molecule has 2 saturated heterocycles. The lowest BCUT2D eigenvalue weighted by Crippen LogP contribution is -2.54. The van der Waals surface area contributed by atoms with Crippen LogP contribution in [0.3, 0.4) is 0 Å². The maximum Gasteiger partial charge on any atom is 0.251 e. The SMILES string of the molecule is CC1(C)CCCN(NC(=O)[C@@H]2C[C@H]3C[C@H]3N2)C1. The van der Waals surface area contributed by atoms with Crippen molar-refractivity contribution < 1.29 is 4.79 Å². The summed E-state index contributed by atoms with van der Waals surface area (Å²) in [4.78, 5) is 12.1. The van der Waals surface area contributed by atoms with Crippen molar-refractivity contribution in [3.8, 4) is 0 Å². The molecule has 4 nitrogen and oxygen atoms in total. The molecule has 1 aliphatic carbocycles. The third kappa shape index (κ3) is 2.47. The van der Waals surface area contributed by atoms with Crippen molar-refractivity contribution in [3.63, 3.8) is 0 Å². The fourth-order valence-electron chi connectivity index (χ4n) is 3.28. The summed E-state index contributed by atoms with van der Waals surface area (Å²) in [6, 6.07) is 0.701. The maximum absolute atomic E-state index is 12.1. The Morgan fingerprint density at radius 1 is 1.41 bits per heavy atom. The van der Waals surface area contributed by atoms with Gasteiger partial charge in [0.25, 0.3) is 5.91 Å². The zero-order valence-electron chi connectivity index (χ0n) is 10.8. The lowest BCUT2D eigenvalue weighted by Gasteiger charge is -2.38. The summed E-state index contributed by atoms with van der Waals surface area (Å²) < 4.78 is 0. The molecule has 2 heterocycles. The molecule has 0 bridgehead atoms. The zero-order valence-corrected chi connectivity index (χ0v) is 10.8. The van der Waals surface area contributed by atoms with Crippen molar-refractivity contribution in [3.05, 3.63) is 0 Å². The summed E-state index contributed by atoms with van der Waals surface area (Å²) in [6.45, 7) is 6.51. The summed E-state index contributed by atoms with van der Waals surface area (Å²) in [5.41, 5.74) is 3.42. The van der Waals surface area contributed by atoms with Gasteiger partial charge in [-0.25, -0.2) is 5.01 Å². The number of amides is 1. The van der Waals surface area contributed by atoms with E-state index in [1.165, 1.54) is 19.3 Å². The molecule has 17 heavy (non-hydrogen) atoms. The number of hydrogen-bond donors (Lipinski definition) is 2. The molecule has 1 saturated carbocycles. The highest BCUT2D eigenvalue weighted by molar-refractivity contribution is 5.82. The molecule has 0 aromatic carbocycles. The fraction of sp³-hybridized carbons (Fsp3) is 0.923. The molecule has 0 radical (unpaired) electrons. The van der Waals surface area contributed by atoms with Gasteiger partial charge < -0.3 is 5.32 Å². The minimum absolute atomic E-state index is 0.0591. The Labute approximate surface area is 103 Å². The number of carbonyl (C=O) groups excluding carboxylic acids is 1. The number of rotatable bonds is 2. The van der Waals surface area contributed by atoms with Crippen LogP contribution in [0.25, 0.3) is 0 Å². The van der Waals surface area contributed by atoms with Gasteiger partial charge in [-0.3, -0.25) is 10.2 Å². The van der Waals surface area contributed by atoms with Crippen LogP contribution in [-0.2, 0) is 4.79 Å². The average Bonchev–Trinajstić information content (AvgIpc) is 2.84. The van der Waals surface area contributed by atoms with E-state index in [1.54, 1.807) is 0 Å². The summed E-state index contributed by atoms with van der Waals surface area (Å²) >= 11 is 0. The van der Waals surface area contributed by atoms with Crippen LogP contribution in [0.4, 0.5) is 0 Å². The van der Waals surface area contributed by atoms with E-state index < -0.39 is 0 Å². The van der Waals surface area contributed by atoms with Crippen LogP contribution in [0, 0.1) is 11.3 Å². The van der Waals surface area contributed by atoms with E-state index in [-0.39, 0.29) is 11.9 Å². The molecular formula is C13H23N3O. The second-order valence-electron chi connectivity index (χ2n) is 6.72. The normalized spacial score (nSPS) is 39.8. The lowest BCUT2D eigenvalue weighted by molar-refractivity contribution is -0.129. The Hall–Kier alpha value is -0.610. The third-order valence-electron chi connectivity index (χ3n) is 4.36. The van der Waals surface area contributed by atoms with Crippen LogP contribution in [0.15, 0.2) is 0 Å². The zero-order chi connectivity index (χ0) is 12.0. The molecule has 0 unspecified atom stereocenters. The molecular weight excluding hydrogens is 214 g/mol. The van der Waals surface area contributed by atoms with E-state index in [9.17, 15) is 4.79 Å².